The molecule has 5 rings (SSSR count). The summed E-state index contributed by atoms with van der Waals surface area (Å²) in [6, 6.07) is 8.76. The van der Waals surface area contributed by atoms with Crippen molar-refractivity contribution in [1.29, 1.82) is 0 Å². The van der Waals surface area contributed by atoms with E-state index in [2.05, 4.69) is 47.1 Å². The van der Waals surface area contributed by atoms with E-state index < -0.39 is 0 Å². The van der Waals surface area contributed by atoms with Crippen molar-refractivity contribution in [2.45, 2.75) is 37.8 Å². The van der Waals surface area contributed by atoms with Crippen molar-refractivity contribution in [3.8, 4) is 0 Å². The topological polar surface area (TPSA) is 28.3 Å². The minimum absolute atomic E-state index is 0.0200. The zero-order chi connectivity index (χ0) is 15.6. The first-order valence-corrected chi connectivity index (χ1v) is 8.86. The Kier molecular flexibility index (Phi) is 2.83. The summed E-state index contributed by atoms with van der Waals surface area (Å²) in [7, 11) is 1.89. The number of rotatable bonds is 2. The lowest BCUT2D eigenvalue weighted by Gasteiger charge is -2.48. The third-order valence-electron chi connectivity index (χ3n) is 6.34. The number of para-hydroxylation sites is 1. The van der Waals surface area contributed by atoms with Crippen molar-refractivity contribution in [2.75, 3.05) is 20.2 Å². The molecule has 3 heteroatoms. The largest absolute Gasteiger partial charge is 0.375 e. The number of methoxy groups -OCH3 is 1. The molecular weight excluding hydrogens is 284 g/mol. The van der Waals surface area contributed by atoms with Crippen LogP contribution in [-0.2, 0) is 16.7 Å². The van der Waals surface area contributed by atoms with E-state index in [1.807, 2.05) is 7.11 Å². The van der Waals surface area contributed by atoms with E-state index in [4.69, 9.17) is 4.74 Å². The molecule has 1 aliphatic carbocycles. The highest BCUT2D eigenvalue weighted by Gasteiger charge is 2.58. The van der Waals surface area contributed by atoms with Crippen molar-refractivity contribution in [3.05, 3.63) is 47.2 Å². The monoisotopic (exact) mass is 308 g/mol. The van der Waals surface area contributed by atoms with E-state index in [-0.39, 0.29) is 11.6 Å². The number of ether oxygens (including phenoxy) is 1. The number of hydrogen-bond donors (Lipinski definition) is 1. The van der Waals surface area contributed by atoms with Crippen LogP contribution in [0.2, 0.25) is 0 Å². The first kappa shape index (κ1) is 13.8. The second-order valence-corrected chi connectivity index (χ2v) is 7.32. The highest BCUT2D eigenvalue weighted by Crippen LogP contribution is 2.54. The van der Waals surface area contributed by atoms with Crippen LogP contribution in [0.1, 0.15) is 31.0 Å². The first-order valence-electron chi connectivity index (χ1n) is 8.86. The molecule has 3 atom stereocenters. The Morgan fingerprint density at radius 3 is 3.04 bits per heavy atom. The molecular formula is C20H24N2O. The van der Waals surface area contributed by atoms with Gasteiger partial charge in [0.1, 0.15) is 6.10 Å². The predicted molar refractivity (Wildman–Crippen MR) is 92.5 cm³/mol. The lowest BCUT2D eigenvalue weighted by molar-refractivity contribution is -0.0288. The third kappa shape index (κ3) is 1.62. The fourth-order valence-corrected chi connectivity index (χ4v) is 5.53. The Morgan fingerprint density at radius 1 is 1.35 bits per heavy atom. The number of hydrogen-bond acceptors (Lipinski definition) is 2. The molecule has 3 nitrogen and oxygen atoms in total. The van der Waals surface area contributed by atoms with Crippen molar-refractivity contribution < 1.29 is 4.74 Å². The summed E-state index contributed by atoms with van der Waals surface area (Å²) in [5.41, 5.74) is 5.74. The number of aromatic amines is 1. The van der Waals surface area contributed by atoms with Gasteiger partial charge in [0.25, 0.3) is 0 Å². The van der Waals surface area contributed by atoms with Crippen LogP contribution in [-0.4, -0.2) is 36.2 Å². The second kappa shape index (κ2) is 4.71. The minimum atomic E-state index is 0.0200. The summed E-state index contributed by atoms with van der Waals surface area (Å²) < 4.78 is 6.11. The lowest BCUT2D eigenvalue weighted by atomic mass is 9.72. The second-order valence-electron chi connectivity index (χ2n) is 7.32. The molecule has 3 heterocycles. The quantitative estimate of drug-likeness (QED) is 0.859. The van der Waals surface area contributed by atoms with E-state index in [1.165, 1.54) is 40.7 Å². The SMILES string of the molecule is CCC1=CC2CN3CCc4c([nH]c5ccccc45)C3(C2)C1OC. The molecule has 23 heavy (non-hydrogen) atoms. The Morgan fingerprint density at radius 2 is 2.22 bits per heavy atom. The van der Waals surface area contributed by atoms with E-state index in [1.54, 1.807) is 0 Å². The van der Waals surface area contributed by atoms with Gasteiger partial charge in [0.05, 0.1) is 5.54 Å². The Hall–Kier alpha value is -1.58. The Bertz CT molecular complexity index is 805. The highest BCUT2D eigenvalue weighted by molar-refractivity contribution is 5.85. The van der Waals surface area contributed by atoms with Crippen molar-refractivity contribution in [2.24, 2.45) is 5.92 Å². The number of benzene rings is 1. The van der Waals surface area contributed by atoms with Gasteiger partial charge in [-0.25, -0.2) is 0 Å². The fraction of sp³-hybridized carbons (Fsp3) is 0.500. The molecule has 2 aromatic rings. The van der Waals surface area contributed by atoms with Crippen LogP contribution in [0.5, 0.6) is 0 Å². The van der Waals surface area contributed by atoms with Crippen LogP contribution in [0.15, 0.2) is 35.9 Å². The van der Waals surface area contributed by atoms with E-state index in [0.717, 1.165) is 19.4 Å². The Labute approximate surface area is 137 Å². The zero-order valence-electron chi connectivity index (χ0n) is 13.9. The maximum absolute atomic E-state index is 6.11. The third-order valence-corrected chi connectivity index (χ3v) is 6.34. The van der Waals surface area contributed by atoms with Gasteiger partial charge in [-0.15, -0.1) is 0 Å². The molecule has 3 aliphatic rings. The van der Waals surface area contributed by atoms with Crippen LogP contribution in [0.3, 0.4) is 0 Å². The van der Waals surface area contributed by atoms with Crippen molar-refractivity contribution in [1.82, 2.24) is 9.88 Å². The summed E-state index contributed by atoms with van der Waals surface area (Å²) in [5.74, 6) is 0.675. The Balaban J connectivity index is 1.78. The summed E-state index contributed by atoms with van der Waals surface area (Å²) >= 11 is 0. The van der Waals surface area contributed by atoms with E-state index in [9.17, 15) is 0 Å². The predicted octanol–water partition coefficient (Wildman–Crippen LogP) is 3.61. The van der Waals surface area contributed by atoms with Crippen LogP contribution < -0.4 is 0 Å². The molecule has 0 amide bonds. The summed E-state index contributed by atoms with van der Waals surface area (Å²) in [5, 5.41) is 1.41. The molecule has 0 saturated carbocycles. The van der Waals surface area contributed by atoms with Gasteiger partial charge >= 0.3 is 0 Å². The molecule has 2 aliphatic heterocycles. The standard InChI is InChI=1S/C20H24N2O/c1-3-14-10-13-11-20(19(14)23-2)18-16(8-9-22(20)12-13)15-6-4-5-7-17(15)21-18/h4-7,10,13,19,21H,3,8-9,11-12H2,1-2H3. The van der Waals surface area contributed by atoms with Gasteiger partial charge in [0.2, 0.25) is 0 Å². The highest BCUT2D eigenvalue weighted by atomic mass is 16.5. The molecule has 1 spiro atoms. The van der Waals surface area contributed by atoms with Gasteiger partial charge in [-0.2, -0.15) is 0 Å². The smallest absolute Gasteiger partial charge is 0.102 e. The fourth-order valence-electron chi connectivity index (χ4n) is 5.53. The minimum Gasteiger partial charge on any atom is -0.375 e. The summed E-state index contributed by atoms with van der Waals surface area (Å²) in [6.07, 6.45) is 6.10. The maximum Gasteiger partial charge on any atom is 0.102 e. The van der Waals surface area contributed by atoms with Gasteiger partial charge < -0.3 is 9.72 Å². The molecule has 1 aromatic heterocycles. The van der Waals surface area contributed by atoms with E-state index >= 15 is 0 Å². The van der Waals surface area contributed by atoms with Gasteiger partial charge in [-0.05, 0) is 42.4 Å². The number of fused-ring (bicyclic) bond motifs is 4. The van der Waals surface area contributed by atoms with Gasteiger partial charge in [-0.1, -0.05) is 31.2 Å². The molecule has 120 valence electrons. The van der Waals surface area contributed by atoms with Crippen LogP contribution in [0.4, 0.5) is 0 Å². The summed E-state index contributed by atoms with van der Waals surface area (Å²) in [6.45, 7) is 4.59. The average Bonchev–Trinajstić information content (AvgIpc) is 3.10. The van der Waals surface area contributed by atoms with Crippen LogP contribution in [0.25, 0.3) is 10.9 Å². The molecule has 0 radical (unpaired) electrons. The number of aromatic nitrogens is 1. The van der Waals surface area contributed by atoms with E-state index in [0.29, 0.717) is 5.92 Å². The molecule has 3 unspecified atom stereocenters. The number of nitrogens with zero attached hydrogens (tertiary/aromatic N) is 1. The molecule has 1 N–H and O–H groups in total. The van der Waals surface area contributed by atoms with Crippen LogP contribution >= 0.6 is 0 Å². The molecule has 1 aromatic carbocycles. The summed E-state index contributed by atoms with van der Waals surface area (Å²) in [4.78, 5) is 6.49. The number of H-pyrrole nitrogens is 1. The normalized spacial score (nSPS) is 32.7. The lowest BCUT2D eigenvalue weighted by Crippen LogP contribution is -2.55. The zero-order valence-corrected chi connectivity index (χ0v) is 13.9. The average molecular weight is 308 g/mol. The van der Waals surface area contributed by atoms with Gasteiger partial charge in [0.15, 0.2) is 0 Å². The van der Waals surface area contributed by atoms with Gasteiger partial charge in [-0.3, -0.25) is 4.90 Å². The van der Waals surface area contributed by atoms with Crippen molar-refractivity contribution in [3.63, 3.8) is 0 Å². The molecule has 1 fully saturated rings. The van der Waals surface area contributed by atoms with Crippen molar-refractivity contribution >= 4 is 10.9 Å². The number of nitrogens with one attached hydrogen (secondary N) is 1. The molecule has 2 bridgehead atoms. The molecule has 1 saturated heterocycles. The van der Waals surface area contributed by atoms with Crippen LogP contribution in [0, 0.1) is 5.92 Å². The first-order chi connectivity index (χ1) is 11.3. The van der Waals surface area contributed by atoms with Gasteiger partial charge in [0, 0.05) is 36.8 Å². The maximum atomic E-state index is 6.11.